The van der Waals surface area contributed by atoms with Gasteiger partial charge in [0.25, 0.3) is 0 Å². The third kappa shape index (κ3) is 2.94. The Labute approximate surface area is 110 Å². The maximum atomic E-state index is 11.1. The third-order valence-corrected chi connectivity index (χ3v) is 3.44. The highest BCUT2D eigenvalue weighted by Crippen LogP contribution is 2.34. The molecule has 1 fully saturated rings. The molecule has 7 nitrogen and oxygen atoms in total. The number of nitrogens with zero attached hydrogens (tertiary/aromatic N) is 1. The number of nitrogen functional groups attached to an aromatic ring is 1. The molecule has 5 N–H and O–H groups in total. The summed E-state index contributed by atoms with van der Waals surface area (Å²) in [6, 6.07) is 4.70. The number of benzene rings is 1. The number of aliphatic hydroxyl groups is 1. The molecule has 0 aromatic heterocycles. The van der Waals surface area contributed by atoms with Crippen molar-refractivity contribution in [2.45, 2.75) is 37.8 Å². The van der Waals surface area contributed by atoms with E-state index in [4.69, 9.17) is 5.84 Å². The highest BCUT2D eigenvalue weighted by atomic mass is 16.6. The van der Waals surface area contributed by atoms with Crippen molar-refractivity contribution >= 4 is 17.1 Å². The van der Waals surface area contributed by atoms with Gasteiger partial charge in [-0.3, -0.25) is 16.0 Å². The minimum absolute atomic E-state index is 0.0947. The van der Waals surface area contributed by atoms with Gasteiger partial charge in [-0.1, -0.05) is 18.9 Å². The van der Waals surface area contributed by atoms with E-state index >= 15 is 0 Å². The zero-order valence-electron chi connectivity index (χ0n) is 10.5. The fourth-order valence-electron chi connectivity index (χ4n) is 2.45. The van der Waals surface area contributed by atoms with Crippen LogP contribution < -0.4 is 16.6 Å². The van der Waals surface area contributed by atoms with Crippen molar-refractivity contribution in [2.24, 2.45) is 5.84 Å². The first-order valence-electron chi connectivity index (χ1n) is 6.32. The molecule has 0 amide bonds. The zero-order valence-corrected chi connectivity index (χ0v) is 10.5. The Bertz CT molecular complexity index is 466. The van der Waals surface area contributed by atoms with Crippen molar-refractivity contribution in [3.8, 4) is 0 Å². The summed E-state index contributed by atoms with van der Waals surface area (Å²) >= 11 is 0. The molecule has 1 aromatic carbocycles. The lowest BCUT2D eigenvalue weighted by Gasteiger charge is -2.29. The average Bonchev–Trinajstić information content (AvgIpc) is 2.40. The molecular weight excluding hydrogens is 248 g/mol. The van der Waals surface area contributed by atoms with E-state index in [0.717, 1.165) is 25.7 Å². The number of nitrogens with two attached hydrogens (primary N) is 1. The second-order valence-corrected chi connectivity index (χ2v) is 4.71. The SMILES string of the molecule is NNc1cccc(NC2CCCCC2O)c1[N+](=O)[O-]. The Morgan fingerprint density at radius 1 is 1.32 bits per heavy atom. The number of hydrogen-bond donors (Lipinski definition) is 4. The van der Waals surface area contributed by atoms with Crippen LogP contribution in [0.3, 0.4) is 0 Å². The fourth-order valence-corrected chi connectivity index (χ4v) is 2.45. The number of aliphatic hydroxyl groups excluding tert-OH is 1. The van der Waals surface area contributed by atoms with Gasteiger partial charge in [-0.05, 0) is 25.0 Å². The Morgan fingerprint density at radius 3 is 2.63 bits per heavy atom. The van der Waals surface area contributed by atoms with Crippen LogP contribution in [0.2, 0.25) is 0 Å². The van der Waals surface area contributed by atoms with E-state index in [0.29, 0.717) is 5.69 Å². The summed E-state index contributed by atoms with van der Waals surface area (Å²) in [6.45, 7) is 0. The van der Waals surface area contributed by atoms with Crippen LogP contribution in [0.15, 0.2) is 18.2 Å². The lowest BCUT2D eigenvalue weighted by Crippen LogP contribution is -2.36. The van der Waals surface area contributed by atoms with Gasteiger partial charge >= 0.3 is 5.69 Å². The van der Waals surface area contributed by atoms with Gasteiger partial charge in [-0.2, -0.15) is 0 Å². The molecule has 0 bridgehead atoms. The molecule has 1 aliphatic carbocycles. The first kappa shape index (κ1) is 13.6. The molecule has 0 heterocycles. The number of anilines is 2. The van der Waals surface area contributed by atoms with Gasteiger partial charge in [0.05, 0.1) is 17.1 Å². The van der Waals surface area contributed by atoms with Gasteiger partial charge in [-0.15, -0.1) is 0 Å². The van der Waals surface area contributed by atoms with Gasteiger partial charge in [0.15, 0.2) is 0 Å². The number of hydrazine groups is 1. The number of hydrogen-bond acceptors (Lipinski definition) is 6. The van der Waals surface area contributed by atoms with E-state index in [1.54, 1.807) is 18.2 Å². The Morgan fingerprint density at radius 2 is 2.00 bits per heavy atom. The molecule has 1 saturated carbocycles. The molecule has 2 rings (SSSR count). The zero-order chi connectivity index (χ0) is 13.8. The fraction of sp³-hybridized carbons (Fsp3) is 0.500. The first-order valence-corrected chi connectivity index (χ1v) is 6.32. The summed E-state index contributed by atoms with van der Waals surface area (Å²) in [5.41, 5.74) is 2.86. The highest BCUT2D eigenvalue weighted by Gasteiger charge is 2.26. The molecule has 0 radical (unpaired) electrons. The van der Waals surface area contributed by atoms with Gasteiger partial charge in [0, 0.05) is 0 Å². The summed E-state index contributed by atoms with van der Waals surface area (Å²) in [6.07, 6.45) is 3.06. The lowest BCUT2D eigenvalue weighted by molar-refractivity contribution is -0.383. The monoisotopic (exact) mass is 266 g/mol. The van der Waals surface area contributed by atoms with E-state index in [9.17, 15) is 15.2 Å². The summed E-state index contributed by atoms with van der Waals surface area (Å²) in [5, 5.41) is 24.1. The summed E-state index contributed by atoms with van der Waals surface area (Å²) in [4.78, 5) is 10.7. The summed E-state index contributed by atoms with van der Waals surface area (Å²) < 4.78 is 0. The quantitative estimate of drug-likeness (QED) is 0.374. The Kier molecular flexibility index (Phi) is 4.18. The van der Waals surface area contributed by atoms with Crippen molar-refractivity contribution in [2.75, 3.05) is 10.7 Å². The number of nitrogens with one attached hydrogen (secondary N) is 2. The molecule has 2 unspecified atom stereocenters. The maximum absolute atomic E-state index is 11.1. The van der Waals surface area contributed by atoms with E-state index in [-0.39, 0.29) is 17.4 Å². The van der Waals surface area contributed by atoms with Crippen LogP contribution >= 0.6 is 0 Å². The Balaban J connectivity index is 2.26. The minimum Gasteiger partial charge on any atom is -0.391 e. The summed E-state index contributed by atoms with van der Waals surface area (Å²) in [5.74, 6) is 5.29. The predicted octanol–water partition coefficient (Wildman–Crippen LogP) is 1.60. The minimum atomic E-state index is -0.479. The van der Waals surface area contributed by atoms with Crippen LogP contribution in [-0.2, 0) is 0 Å². The van der Waals surface area contributed by atoms with Gasteiger partial charge < -0.3 is 15.8 Å². The molecule has 7 heteroatoms. The van der Waals surface area contributed by atoms with Crippen LogP contribution in [-0.4, -0.2) is 22.2 Å². The molecule has 2 atom stereocenters. The van der Waals surface area contributed by atoms with E-state index < -0.39 is 11.0 Å². The van der Waals surface area contributed by atoms with Gasteiger partial charge in [0.1, 0.15) is 11.4 Å². The topological polar surface area (TPSA) is 113 Å². The van der Waals surface area contributed by atoms with Crippen molar-refractivity contribution in [3.63, 3.8) is 0 Å². The number of nitro groups is 1. The van der Waals surface area contributed by atoms with E-state index in [1.165, 1.54) is 0 Å². The van der Waals surface area contributed by atoms with Crippen molar-refractivity contribution in [1.82, 2.24) is 0 Å². The van der Waals surface area contributed by atoms with Crippen LogP contribution in [0.4, 0.5) is 17.1 Å². The number of para-hydroxylation sites is 1. The van der Waals surface area contributed by atoms with Crippen LogP contribution in [0.5, 0.6) is 0 Å². The number of nitro benzene ring substituents is 1. The molecule has 0 saturated heterocycles. The average molecular weight is 266 g/mol. The molecular formula is C12H18N4O3. The maximum Gasteiger partial charge on any atom is 0.316 e. The predicted molar refractivity (Wildman–Crippen MR) is 72.8 cm³/mol. The standard InChI is InChI=1S/C12H18N4O3/c13-15-10-6-3-5-9(12(10)16(18)19)14-8-4-1-2-7-11(8)17/h3,5-6,8,11,14-15,17H,1-2,4,7,13H2. The van der Waals surface area contributed by atoms with Crippen LogP contribution in [0, 0.1) is 10.1 Å². The first-order chi connectivity index (χ1) is 9.13. The van der Waals surface area contributed by atoms with Crippen molar-refractivity contribution in [1.29, 1.82) is 0 Å². The third-order valence-electron chi connectivity index (χ3n) is 3.44. The van der Waals surface area contributed by atoms with Gasteiger partial charge in [-0.25, -0.2) is 0 Å². The van der Waals surface area contributed by atoms with Crippen molar-refractivity contribution in [3.05, 3.63) is 28.3 Å². The molecule has 0 spiro atoms. The normalized spacial score (nSPS) is 22.8. The van der Waals surface area contributed by atoms with E-state index in [1.807, 2.05) is 0 Å². The summed E-state index contributed by atoms with van der Waals surface area (Å²) in [7, 11) is 0. The van der Waals surface area contributed by atoms with Crippen LogP contribution in [0.25, 0.3) is 0 Å². The van der Waals surface area contributed by atoms with E-state index in [2.05, 4.69) is 10.7 Å². The molecule has 104 valence electrons. The molecule has 19 heavy (non-hydrogen) atoms. The number of rotatable bonds is 4. The molecule has 1 aliphatic rings. The second kappa shape index (κ2) is 5.85. The van der Waals surface area contributed by atoms with Gasteiger partial charge in [0.2, 0.25) is 0 Å². The lowest BCUT2D eigenvalue weighted by atomic mass is 9.92. The second-order valence-electron chi connectivity index (χ2n) is 4.71. The van der Waals surface area contributed by atoms with Crippen LogP contribution in [0.1, 0.15) is 25.7 Å². The molecule has 1 aromatic rings. The largest absolute Gasteiger partial charge is 0.391 e. The highest BCUT2D eigenvalue weighted by molar-refractivity contribution is 5.76. The Hall–Kier alpha value is -1.86. The molecule has 0 aliphatic heterocycles. The smallest absolute Gasteiger partial charge is 0.316 e. The van der Waals surface area contributed by atoms with Crippen molar-refractivity contribution < 1.29 is 10.0 Å².